The highest BCUT2D eigenvalue weighted by Gasteiger charge is 2.21. The van der Waals surface area contributed by atoms with Gasteiger partial charge in [0.25, 0.3) is 0 Å². The number of nitrogens with one attached hydrogen (secondary N) is 1. The van der Waals surface area contributed by atoms with Gasteiger partial charge in [-0.2, -0.15) is 0 Å². The average molecular weight is 357 g/mol. The van der Waals surface area contributed by atoms with E-state index in [-0.39, 0.29) is 23.3 Å². The van der Waals surface area contributed by atoms with Crippen molar-refractivity contribution >= 4 is 11.9 Å². The number of carboxylic acid groups (broad SMARTS) is 1. The van der Waals surface area contributed by atoms with E-state index in [2.05, 4.69) is 5.32 Å². The number of aryl methyl sites for hydroxylation is 1. The zero-order chi connectivity index (χ0) is 18.5. The van der Waals surface area contributed by atoms with Gasteiger partial charge in [0.1, 0.15) is 11.6 Å². The third-order valence-corrected chi connectivity index (χ3v) is 4.42. The first-order valence-electron chi connectivity index (χ1n) is 8.57. The topological polar surface area (TPSA) is 75.6 Å². The maximum atomic E-state index is 13.4. The Hall–Kier alpha value is -2.89. The minimum absolute atomic E-state index is 0.102. The number of halogens is 1. The molecule has 1 aliphatic rings. The fourth-order valence-electron chi connectivity index (χ4n) is 3.03. The molecule has 2 aromatic carbocycles. The molecular formula is C20H20FNO4. The molecule has 1 aliphatic heterocycles. The van der Waals surface area contributed by atoms with Crippen molar-refractivity contribution in [2.75, 3.05) is 6.61 Å². The van der Waals surface area contributed by atoms with Crippen LogP contribution in [-0.2, 0) is 11.2 Å². The first-order chi connectivity index (χ1) is 12.5. The average Bonchev–Trinajstić information content (AvgIpc) is 2.82. The van der Waals surface area contributed by atoms with Gasteiger partial charge in [0, 0.05) is 18.1 Å². The fourth-order valence-corrected chi connectivity index (χ4v) is 3.03. The number of benzene rings is 2. The van der Waals surface area contributed by atoms with Crippen LogP contribution in [0, 0.1) is 5.82 Å². The minimum atomic E-state index is -0.972. The van der Waals surface area contributed by atoms with Gasteiger partial charge < -0.3 is 15.2 Å². The van der Waals surface area contributed by atoms with Crippen LogP contribution in [0.3, 0.4) is 0 Å². The summed E-state index contributed by atoms with van der Waals surface area (Å²) in [5.74, 6) is -0.952. The first kappa shape index (κ1) is 17.9. The second kappa shape index (κ2) is 7.99. The van der Waals surface area contributed by atoms with E-state index in [0.29, 0.717) is 25.2 Å². The van der Waals surface area contributed by atoms with Crippen molar-refractivity contribution in [3.8, 4) is 5.75 Å². The van der Waals surface area contributed by atoms with Crippen LogP contribution in [0.5, 0.6) is 5.75 Å². The molecule has 136 valence electrons. The third-order valence-electron chi connectivity index (χ3n) is 4.42. The highest BCUT2D eigenvalue weighted by molar-refractivity contribution is 5.87. The highest BCUT2D eigenvalue weighted by atomic mass is 19.1. The van der Waals surface area contributed by atoms with Crippen LogP contribution in [-0.4, -0.2) is 23.6 Å². The summed E-state index contributed by atoms with van der Waals surface area (Å²) in [7, 11) is 0. The predicted octanol–water partition coefficient (Wildman–Crippen LogP) is 3.49. The second-order valence-corrected chi connectivity index (χ2v) is 6.30. The molecule has 1 heterocycles. The number of fused-ring (bicyclic) bond motifs is 1. The lowest BCUT2D eigenvalue weighted by Gasteiger charge is -2.18. The van der Waals surface area contributed by atoms with Gasteiger partial charge in [-0.25, -0.2) is 9.18 Å². The molecule has 2 aromatic rings. The highest BCUT2D eigenvalue weighted by Crippen LogP contribution is 2.32. The van der Waals surface area contributed by atoms with Crippen LogP contribution in [0.2, 0.25) is 0 Å². The Bertz CT molecular complexity index is 804. The van der Waals surface area contributed by atoms with E-state index in [1.54, 1.807) is 18.2 Å². The summed E-state index contributed by atoms with van der Waals surface area (Å²) in [6.45, 7) is 0.499. The largest absolute Gasteiger partial charge is 0.493 e. The van der Waals surface area contributed by atoms with E-state index < -0.39 is 5.97 Å². The molecule has 1 atom stereocenters. The quantitative estimate of drug-likeness (QED) is 0.859. The van der Waals surface area contributed by atoms with E-state index >= 15 is 0 Å². The van der Waals surface area contributed by atoms with Crippen LogP contribution >= 0.6 is 0 Å². The van der Waals surface area contributed by atoms with Gasteiger partial charge >= 0.3 is 5.97 Å². The number of aromatic carboxylic acids is 1. The van der Waals surface area contributed by atoms with Gasteiger partial charge in [-0.15, -0.1) is 0 Å². The lowest BCUT2D eigenvalue weighted by atomic mass is 10.0. The zero-order valence-electron chi connectivity index (χ0n) is 14.2. The SMILES string of the molecule is O=C(CCc1ccc(C(=O)O)cc1)NC1CCCOc2cc(F)ccc21. The molecule has 1 unspecified atom stereocenters. The van der Waals surface area contributed by atoms with E-state index in [4.69, 9.17) is 9.84 Å². The van der Waals surface area contributed by atoms with E-state index in [0.717, 1.165) is 24.0 Å². The molecule has 0 fully saturated rings. The van der Waals surface area contributed by atoms with Crippen LogP contribution in [0.15, 0.2) is 42.5 Å². The fraction of sp³-hybridized carbons (Fsp3) is 0.300. The lowest BCUT2D eigenvalue weighted by molar-refractivity contribution is -0.121. The summed E-state index contributed by atoms with van der Waals surface area (Å²) in [5, 5.41) is 11.9. The molecule has 0 saturated heterocycles. The van der Waals surface area contributed by atoms with Crippen molar-refractivity contribution < 1.29 is 23.8 Å². The van der Waals surface area contributed by atoms with Crippen LogP contribution in [0.4, 0.5) is 4.39 Å². The third kappa shape index (κ3) is 4.39. The zero-order valence-corrected chi connectivity index (χ0v) is 14.2. The normalized spacial score (nSPS) is 16.1. The van der Waals surface area contributed by atoms with Crippen molar-refractivity contribution in [1.82, 2.24) is 5.32 Å². The summed E-state index contributed by atoms with van der Waals surface area (Å²) in [6.07, 6.45) is 2.32. The van der Waals surface area contributed by atoms with Gasteiger partial charge in [-0.05, 0) is 43.0 Å². The Kier molecular flexibility index (Phi) is 5.51. The van der Waals surface area contributed by atoms with E-state index in [9.17, 15) is 14.0 Å². The molecule has 5 nitrogen and oxygen atoms in total. The van der Waals surface area contributed by atoms with Gasteiger partial charge in [-0.3, -0.25) is 4.79 Å². The molecule has 3 rings (SSSR count). The standard InChI is InChI=1S/C20H20FNO4/c21-15-8-9-16-17(2-1-11-26-18(16)12-15)22-19(23)10-5-13-3-6-14(7-4-13)20(24)25/h3-4,6-9,12,17H,1-2,5,10-11H2,(H,22,23)(H,24,25). The number of carbonyl (C=O) groups excluding carboxylic acids is 1. The van der Waals surface area contributed by atoms with Gasteiger partial charge in [-0.1, -0.05) is 18.2 Å². The minimum Gasteiger partial charge on any atom is -0.493 e. The van der Waals surface area contributed by atoms with Crippen molar-refractivity contribution in [3.05, 3.63) is 65.0 Å². The molecular weight excluding hydrogens is 337 g/mol. The van der Waals surface area contributed by atoms with Crippen LogP contribution < -0.4 is 10.1 Å². The molecule has 1 amide bonds. The maximum Gasteiger partial charge on any atom is 0.335 e. The number of carbonyl (C=O) groups is 2. The van der Waals surface area contributed by atoms with Crippen molar-refractivity contribution in [2.45, 2.75) is 31.7 Å². The summed E-state index contributed by atoms with van der Waals surface area (Å²) in [6, 6.07) is 10.7. The van der Waals surface area contributed by atoms with E-state index in [1.807, 2.05) is 0 Å². The first-order valence-corrected chi connectivity index (χ1v) is 8.57. The van der Waals surface area contributed by atoms with Gasteiger partial charge in [0.2, 0.25) is 5.91 Å². The Labute approximate surface area is 150 Å². The summed E-state index contributed by atoms with van der Waals surface area (Å²) in [4.78, 5) is 23.2. The van der Waals surface area contributed by atoms with Gasteiger partial charge in [0.15, 0.2) is 0 Å². The number of rotatable bonds is 5. The number of ether oxygens (including phenoxy) is 1. The monoisotopic (exact) mass is 357 g/mol. The molecule has 0 bridgehead atoms. The van der Waals surface area contributed by atoms with Crippen molar-refractivity contribution in [2.24, 2.45) is 0 Å². The van der Waals surface area contributed by atoms with E-state index in [1.165, 1.54) is 24.3 Å². The molecule has 0 aliphatic carbocycles. The number of hydrogen-bond donors (Lipinski definition) is 2. The van der Waals surface area contributed by atoms with Crippen LogP contribution in [0.1, 0.15) is 46.8 Å². The molecule has 0 radical (unpaired) electrons. The molecule has 6 heteroatoms. The van der Waals surface area contributed by atoms with Crippen molar-refractivity contribution in [1.29, 1.82) is 0 Å². The molecule has 0 spiro atoms. The number of amides is 1. The second-order valence-electron chi connectivity index (χ2n) is 6.30. The maximum absolute atomic E-state index is 13.4. The summed E-state index contributed by atoms with van der Waals surface area (Å²) >= 11 is 0. The van der Waals surface area contributed by atoms with Crippen molar-refractivity contribution in [3.63, 3.8) is 0 Å². The number of carboxylic acids is 1. The Morgan fingerprint density at radius 3 is 2.69 bits per heavy atom. The van der Waals surface area contributed by atoms with Gasteiger partial charge in [0.05, 0.1) is 18.2 Å². The predicted molar refractivity (Wildman–Crippen MR) is 93.7 cm³/mol. The Morgan fingerprint density at radius 2 is 1.96 bits per heavy atom. The molecule has 2 N–H and O–H groups in total. The molecule has 26 heavy (non-hydrogen) atoms. The number of hydrogen-bond acceptors (Lipinski definition) is 3. The molecule has 0 aromatic heterocycles. The summed E-state index contributed by atoms with van der Waals surface area (Å²) < 4.78 is 19.0. The van der Waals surface area contributed by atoms with Crippen LogP contribution in [0.25, 0.3) is 0 Å². The smallest absolute Gasteiger partial charge is 0.335 e. The Morgan fingerprint density at radius 1 is 1.19 bits per heavy atom. The Balaban J connectivity index is 1.60. The molecule has 0 saturated carbocycles. The lowest BCUT2D eigenvalue weighted by Crippen LogP contribution is -2.28. The summed E-state index contributed by atoms with van der Waals surface area (Å²) in [5.41, 5.74) is 1.92.